The van der Waals surface area contributed by atoms with E-state index in [4.69, 9.17) is 19.9 Å². The quantitative estimate of drug-likeness (QED) is 0.401. The van der Waals surface area contributed by atoms with Gasteiger partial charge in [-0.3, -0.25) is 4.79 Å². The van der Waals surface area contributed by atoms with Crippen LogP contribution in [0.4, 0.5) is 0 Å². The average Bonchev–Trinajstić information content (AvgIpc) is 2.29. The van der Waals surface area contributed by atoms with E-state index in [1.54, 1.807) is 0 Å². The summed E-state index contributed by atoms with van der Waals surface area (Å²) >= 11 is 0. The molecule has 108 valence electrons. The minimum absolute atomic E-state index is 0.130. The molecule has 0 heterocycles. The Bertz CT molecular complexity index is 207. The molecule has 0 radical (unpaired) electrons. The van der Waals surface area contributed by atoms with Crippen molar-refractivity contribution in [1.82, 2.24) is 5.32 Å². The highest BCUT2D eigenvalue weighted by atomic mass is 16.5. The number of hydrogen-bond acceptors (Lipinski definition) is 5. The second-order valence-corrected chi connectivity index (χ2v) is 4.87. The van der Waals surface area contributed by atoms with Crippen LogP contribution in [0.2, 0.25) is 0 Å². The van der Waals surface area contributed by atoms with Gasteiger partial charge < -0.3 is 25.3 Å². The van der Waals surface area contributed by atoms with Crippen molar-refractivity contribution in [3.05, 3.63) is 0 Å². The minimum Gasteiger partial charge on any atom is -0.377 e. The fourth-order valence-electron chi connectivity index (χ4n) is 1.13. The van der Waals surface area contributed by atoms with E-state index in [0.29, 0.717) is 46.0 Å². The van der Waals surface area contributed by atoms with Crippen molar-refractivity contribution in [2.75, 3.05) is 39.6 Å². The minimum atomic E-state index is -0.133. The first-order chi connectivity index (χ1) is 8.49. The first kappa shape index (κ1) is 17.3. The Morgan fingerprint density at radius 2 is 1.78 bits per heavy atom. The lowest BCUT2D eigenvalue weighted by Crippen LogP contribution is -2.39. The van der Waals surface area contributed by atoms with Gasteiger partial charge in [-0.05, 0) is 20.8 Å². The number of nitrogens with one attached hydrogen (secondary N) is 1. The van der Waals surface area contributed by atoms with Crippen LogP contribution in [0.25, 0.3) is 0 Å². The second kappa shape index (κ2) is 10.3. The summed E-state index contributed by atoms with van der Waals surface area (Å²) in [6.45, 7) is 8.87. The molecule has 3 N–H and O–H groups in total. The van der Waals surface area contributed by atoms with E-state index >= 15 is 0 Å². The van der Waals surface area contributed by atoms with Gasteiger partial charge in [0.1, 0.15) is 0 Å². The molecular weight excluding hydrogens is 236 g/mol. The van der Waals surface area contributed by atoms with Gasteiger partial charge in [-0.25, -0.2) is 0 Å². The molecule has 0 saturated heterocycles. The van der Waals surface area contributed by atoms with Gasteiger partial charge in [0.2, 0.25) is 6.41 Å². The SMILES string of the molecule is CC(C)(C)OCCOCCOCC(CN)NC=O. The van der Waals surface area contributed by atoms with E-state index in [9.17, 15) is 4.79 Å². The Balaban J connectivity index is 3.27. The van der Waals surface area contributed by atoms with Crippen molar-refractivity contribution < 1.29 is 19.0 Å². The number of carbonyl (C=O) groups excluding carboxylic acids is 1. The molecule has 0 fully saturated rings. The van der Waals surface area contributed by atoms with Gasteiger partial charge >= 0.3 is 0 Å². The monoisotopic (exact) mass is 262 g/mol. The summed E-state index contributed by atoms with van der Waals surface area (Å²) in [5.41, 5.74) is 5.30. The fraction of sp³-hybridized carbons (Fsp3) is 0.917. The van der Waals surface area contributed by atoms with E-state index < -0.39 is 0 Å². The molecule has 0 rings (SSSR count). The van der Waals surface area contributed by atoms with Crippen LogP contribution >= 0.6 is 0 Å². The predicted octanol–water partition coefficient (Wildman–Crippen LogP) is -0.0920. The third-order valence-corrected chi connectivity index (χ3v) is 2.04. The molecule has 0 bridgehead atoms. The van der Waals surface area contributed by atoms with Gasteiger partial charge in [-0.15, -0.1) is 0 Å². The third kappa shape index (κ3) is 11.8. The van der Waals surface area contributed by atoms with E-state index in [2.05, 4.69) is 5.32 Å². The van der Waals surface area contributed by atoms with Crippen molar-refractivity contribution >= 4 is 6.41 Å². The summed E-state index contributed by atoms with van der Waals surface area (Å²) < 4.78 is 16.1. The summed E-state index contributed by atoms with van der Waals surface area (Å²) in [5.74, 6) is 0. The molecule has 6 heteroatoms. The van der Waals surface area contributed by atoms with Crippen LogP contribution < -0.4 is 11.1 Å². The summed E-state index contributed by atoms with van der Waals surface area (Å²) in [6, 6.07) is -0.133. The zero-order valence-electron chi connectivity index (χ0n) is 11.6. The summed E-state index contributed by atoms with van der Waals surface area (Å²) in [4.78, 5) is 10.2. The zero-order chi connectivity index (χ0) is 13.9. The van der Waals surface area contributed by atoms with Crippen LogP contribution in [0.5, 0.6) is 0 Å². The molecule has 1 unspecified atom stereocenters. The van der Waals surface area contributed by atoms with Crippen LogP contribution in [-0.2, 0) is 19.0 Å². The topological polar surface area (TPSA) is 82.8 Å². The van der Waals surface area contributed by atoms with E-state index in [0.717, 1.165) is 0 Å². The highest BCUT2D eigenvalue weighted by Crippen LogP contribution is 2.05. The highest BCUT2D eigenvalue weighted by molar-refractivity contribution is 5.46. The van der Waals surface area contributed by atoms with Crippen molar-refractivity contribution in [2.24, 2.45) is 5.73 Å². The Morgan fingerprint density at radius 1 is 1.17 bits per heavy atom. The van der Waals surface area contributed by atoms with Gasteiger partial charge in [0.15, 0.2) is 0 Å². The maximum absolute atomic E-state index is 10.2. The van der Waals surface area contributed by atoms with Gasteiger partial charge in [0.25, 0.3) is 0 Å². The molecule has 1 amide bonds. The fourth-order valence-corrected chi connectivity index (χ4v) is 1.13. The second-order valence-electron chi connectivity index (χ2n) is 4.87. The lowest BCUT2D eigenvalue weighted by Gasteiger charge is -2.19. The predicted molar refractivity (Wildman–Crippen MR) is 69.4 cm³/mol. The lowest BCUT2D eigenvalue weighted by atomic mass is 10.2. The number of ether oxygens (including phenoxy) is 3. The Kier molecular flexibility index (Phi) is 9.86. The molecule has 0 aliphatic rings. The van der Waals surface area contributed by atoms with Crippen LogP contribution in [0.1, 0.15) is 20.8 Å². The molecule has 0 spiro atoms. The van der Waals surface area contributed by atoms with E-state index in [1.165, 1.54) is 0 Å². The van der Waals surface area contributed by atoms with Crippen molar-refractivity contribution in [1.29, 1.82) is 0 Å². The summed E-state index contributed by atoms with van der Waals surface area (Å²) in [6.07, 6.45) is 0.626. The smallest absolute Gasteiger partial charge is 0.207 e. The van der Waals surface area contributed by atoms with Crippen molar-refractivity contribution in [2.45, 2.75) is 32.4 Å². The van der Waals surface area contributed by atoms with Gasteiger partial charge in [0.05, 0.1) is 44.7 Å². The van der Waals surface area contributed by atoms with Crippen molar-refractivity contribution in [3.8, 4) is 0 Å². The number of rotatable bonds is 11. The standard InChI is InChI=1S/C12H26N2O4/c1-12(2,3)18-7-6-16-4-5-17-9-11(8-13)14-10-15/h10-11H,4-9,13H2,1-3H3,(H,14,15). The molecule has 0 saturated carbocycles. The van der Waals surface area contributed by atoms with Crippen molar-refractivity contribution in [3.63, 3.8) is 0 Å². The van der Waals surface area contributed by atoms with E-state index in [-0.39, 0.29) is 11.6 Å². The first-order valence-electron chi connectivity index (χ1n) is 6.19. The molecule has 0 aliphatic carbocycles. The van der Waals surface area contributed by atoms with Gasteiger partial charge in [-0.1, -0.05) is 0 Å². The highest BCUT2D eigenvalue weighted by Gasteiger charge is 2.09. The molecule has 0 aromatic heterocycles. The Morgan fingerprint density at radius 3 is 2.33 bits per heavy atom. The molecule has 6 nitrogen and oxygen atoms in total. The molecule has 1 atom stereocenters. The van der Waals surface area contributed by atoms with Crippen LogP contribution in [0, 0.1) is 0 Å². The maximum atomic E-state index is 10.2. The Labute approximate surface area is 109 Å². The third-order valence-electron chi connectivity index (χ3n) is 2.04. The molecule has 0 aliphatic heterocycles. The maximum Gasteiger partial charge on any atom is 0.207 e. The molecule has 18 heavy (non-hydrogen) atoms. The van der Waals surface area contributed by atoms with Gasteiger partial charge in [0, 0.05) is 6.54 Å². The molecule has 0 aromatic rings. The lowest BCUT2D eigenvalue weighted by molar-refractivity contribution is -0.110. The largest absolute Gasteiger partial charge is 0.377 e. The molecular formula is C12H26N2O4. The number of hydrogen-bond donors (Lipinski definition) is 2. The average molecular weight is 262 g/mol. The van der Waals surface area contributed by atoms with Crippen LogP contribution in [0.15, 0.2) is 0 Å². The number of amides is 1. The number of carbonyl (C=O) groups is 1. The molecule has 0 aromatic carbocycles. The summed E-state index contributed by atoms with van der Waals surface area (Å²) in [7, 11) is 0. The summed E-state index contributed by atoms with van der Waals surface area (Å²) in [5, 5.41) is 2.57. The normalized spacial score (nSPS) is 13.3. The zero-order valence-corrected chi connectivity index (χ0v) is 11.6. The van der Waals surface area contributed by atoms with Gasteiger partial charge in [-0.2, -0.15) is 0 Å². The van der Waals surface area contributed by atoms with E-state index in [1.807, 2.05) is 20.8 Å². The van der Waals surface area contributed by atoms with Crippen LogP contribution in [0.3, 0.4) is 0 Å². The van der Waals surface area contributed by atoms with Crippen LogP contribution in [-0.4, -0.2) is 57.6 Å². The number of nitrogens with two attached hydrogens (primary N) is 1. The Hall–Kier alpha value is -0.690. The first-order valence-corrected chi connectivity index (χ1v) is 6.19.